The third-order valence-corrected chi connectivity index (χ3v) is 6.53. The molecular weight excluding hydrogens is 578 g/mol. The molecule has 40 heavy (non-hydrogen) atoms. The van der Waals surface area contributed by atoms with Crippen molar-refractivity contribution in [2.24, 2.45) is 12.1 Å². The van der Waals surface area contributed by atoms with E-state index in [-0.39, 0.29) is 5.69 Å². The van der Waals surface area contributed by atoms with Crippen molar-refractivity contribution in [2.75, 3.05) is 11.9 Å². The van der Waals surface area contributed by atoms with Crippen LogP contribution in [0.3, 0.4) is 0 Å². The average Bonchev–Trinajstić information content (AvgIpc) is 3.16. The highest BCUT2D eigenvalue weighted by molar-refractivity contribution is 9.10. The number of aromatic nitrogens is 2. The lowest BCUT2D eigenvalue weighted by Crippen LogP contribution is -2.34. The molecule has 0 unspecified atom stereocenters. The number of carbonyl (C=O) groups excluding carboxylic acids is 2. The minimum Gasteiger partial charge on any atom is -0.490 e. The molecule has 0 atom stereocenters. The lowest BCUT2D eigenvalue weighted by atomic mass is 10.2. The van der Waals surface area contributed by atoms with E-state index >= 15 is 0 Å². The normalized spacial score (nSPS) is 10.9. The van der Waals surface area contributed by atoms with Crippen LogP contribution in [0.1, 0.15) is 23.7 Å². The molecule has 0 saturated carbocycles. The number of nitrogens with one attached hydrogen (secondary N) is 2. The maximum Gasteiger partial charge on any atom is 0.329 e. The molecule has 0 fully saturated rings. The summed E-state index contributed by atoms with van der Waals surface area (Å²) >= 11 is 3.51. The summed E-state index contributed by atoms with van der Waals surface area (Å²) in [5.74, 6) is -1.03. The predicted octanol–water partition coefficient (Wildman–Crippen LogP) is 4.31. The summed E-state index contributed by atoms with van der Waals surface area (Å²) in [6, 6.07) is 22.2. The first-order valence-electron chi connectivity index (χ1n) is 12.4. The minimum absolute atomic E-state index is 0.00635. The Kier molecular flexibility index (Phi) is 9.18. The van der Waals surface area contributed by atoms with Crippen LogP contribution in [0.4, 0.5) is 5.69 Å². The molecule has 0 bridgehead atoms. The number of hydrogen-bond donors (Lipinski definition) is 2. The molecule has 1 aromatic heterocycles. The zero-order valence-corrected chi connectivity index (χ0v) is 23.8. The van der Waals surface area contributed by atoms with Crippen molar-refractivity contribution < 1.29 is 19.1 Å². The molecule has 0 saturated heterocycles. The van der Waals surface area contributed by atoms with E-state index in [9.17, 15) is 14.4 Å². The third kappa shape index (κ3) is 6.49. The zero-order chi connectivity index (χ0) is 28.6. The molecule has 4 aromatic rings. The summed E-state index contributed by atoms with van der Waals surface area (Å²) in [6.07, 6.45) is 1.37. The Balaban J connectivity index is 1.43. The second-order valence-electron chi connectivity index (χ2n) is 8.63. The molecule has 11 heteroatoms. The van der Waals surface area contributed by atoms with Gasteiger partial charge in [-0.15, -0.1) is 0 Å². The van der Waals surface area contributed by atoms with Gasteiger partial charge in [-0.05, 0) is 65.2 Å². The Labute approximate surface area is 239 Å². The van der Waals surface area contributed by atoms with Crippen LogP contribution >= 0.6 is 15.9 Å². The Morgan fingerprint density at radius 3 is 2.35 bits per heavy atom. The molecule has 206 valence electrons. The van der Waals surface area contributed by atoms with Gasteiger partial charge in [0.1, 0.15) is 12.3 Å². The predicted molar refractivity (Wildman–Crippen MR) is 156 cm³/mol. The summed E-state index contributed by atoms with van der Waals surface area (Å²) in [4.78, 5) is 38.0. The van der Waals surface area contributed by atoms with Crippen molar-refractivity contribution in [3.8, 4) is 17.2 Å². The van der Waals surface area contributed by atoms with Crippen molar-refractivity contribution in [3.05, 3.63) is 104 Å². The molecule has 0 spiro atoms. The summed E-state index contributed by atoms with van der Waals surface area (Å²) in [7, 11) is 1.69. The monoisotopic (exact) mass is 605 g/mol. The van der Waals surface area contributed by atoms with Crippen molar-refractivity contribution in [3.63, 3.8) is 0 Å². The van der Waals surface area contributed by atoms with Gasteiger partial charge in [0.05, 0.1) is 28.7 Å². The van der Waals surface area contributed by atoms with Crippen LogP contribution < -0.4 is 25.8 Å². The number of nitrogens with zero attached hydrogens (tertiary/aromatic N) is 3. The van der Waals surface area contributed by atoms with E-state index in [2.05, 4.69) is 31.8 Å². The topological polar surface area (TPSA) is 116 Å². The minimum atomic E-state index is -1.03. The molecule has 0 radical (unpaired) electrons. The first-order chi connectivity index (χ1) is 19.3. The molecule has 10 nitrogen and oxygen atoms in total. The highest BCUT2D eigenvalue weighted by Crippen LogP contribution is 2.37. The maximum absolute atomic E-state index is 13.0. The number of benzene rings is 3. The first-order valence-corrected chi connectivity index (χ1v) is 13.2. The second-order valence-corrected chi connectivity index (χ2v) is 9.48. The Hall–Kier alpha value is -4.64. The summed E-state index contributed by atoms with van der Waals surface area (Å²) in [5, 5.41) is 6.30. The second kappa shape index (κ2) is 12.9. The fraction of sp³-hybridized carbons (Fsp3) is 0.172. The summed E-state index contributed by atoms with van der Waals surface area (Å²) in [6.45, 7) is 4.30. The van der Waals surface area contributed by atoms with E-state index in [1.165, 1.54) is 10.9 Å². The van der Waals surface area contributed by atoms with E-state index < -0.39 is 17.4 Å². The quantitative estimate of drug-likeness (QED) is 0.167. The fourth-order valence-electron chi connectivity index (χ4n) is 3.89. The fourth-order valence-corrected chi connectivity index (χ4v) is 4.47. The van der Waals surface area contributed by atoms with E-state index in [4.69, 9.17) is 9.47 Å². The van der Waals surface area contributed by atoms with Gasteiger partial charge >= 0.3 is 11.8 Å². The third-order valence-electron chi connectivity index (χ3n) is 5.94. The summed E-state index contributed by atoms with van der Waals surface area (Å²) < 4.78 is 15.4. The van der Waals surface area contributed by atoms with Gasteiger partial charge in [-0.2, -0.15) is 5.10 Å². The number of carbonyl (C=O) groups is 2. The van der Waals surface area contributed by atoms with E-state index in [1.807, 2.05) is 43.3 Å². The number of halogens is 1. The van der Waals surface area contributed by atoms with E-state index in [0.29, 0.717) is 46.1 Å². The molecule has 0 aliphatic rings. The van der Waals surface area contributed by atoms with Gasteiger partial charge in [0.2, 0.25) is 0 Å². The van der Waals surface area contributed by atoms with Crippen LogP contribution in [-0.4, -0.2) is 34.0 Å². The van der Waals surface area contributed by atoms with Gasteiger partial charge in [0.15, 0.2) is 11.5 Å². The molecule has 4 rings (SSSR count). The van der Waals surface area contributed by atoms with Crippen LogP contribution in [0.2, 0.25) is 0 Å². The highest BCUT2D eigenvalue weighted by Gasteiger charge is 2.21. The number of hydrazone groups is 1. The van der Waals surface area contributed by atoms with Crippen molar-refractivity contribution in [2.45, 2.75) is 20.5 Å². The Morgan fingerprint density at radius 2 is 1.68 bits per heavy atom. The number of hydrogen-bond acceptors (Lipinski definition) is 6. The van der Waals surface area contributed by atoms with Crippen molar-refractivity contribution in [1.29, 1.82) is 0 Å². The largest absolute Gasteiger partial charge is 0.490 e. The Bertz CT molecular complexity index is 1600. The van der Waals surface area contributed by atoms with Crippen LogP contribution in [0.15, 0.2) is 87.2 Å². The molecule has 2 N–H and O–H groups in total. The maximum atomic E-state index is 13.0. The van der Waals surface area contributed by atoms with E-state index in [0.717, 1.165) is 5.56 Å². The number of para-hydroxylation sites is 1. The molecule has 2 amide bonds. The van der Waals surface area contributed by atoms with E-state index in [1.54, 1.807) is 55.1 Å². The van der Waals surface area contributed by atoms with Crippen molar-refractivity contribution in [1.82, 2.24) is 14.8 Å². The molecule has 3 aromatic carbocycles. The SMILES string of the molecule is CCOc1cc(/C=N/NC(=O)C(=O)Nc2c(C)n(C)n(-c3ccccc3)c2=O)cc(Br)c1OCc1ccccc1. The van der Waals surface area contributed by atoms with Crippen LogP contribution in [0.25, 0.3) is 5.69 Å². The Morgan fingerprint density at radius 1 is 1.00 bits per heavy atom. The smallest absolute Gasteiger partial charge is 0.329 e. The molecule has 0 aliphatic heterocycles. The zero-order valence-electron chi connectivity index (χ0n) is 22.2. The van der Waals surface area contributed by atoms with Gasteiger partial charge < -0.3 is 14.8 Å². The van der Waals surface area contributed by atoms with Gasteiger partial charge in [-0.25, -0.2) is 10.1 Å². The summed E-state index contributed by atoms with van der Waals surface area (Å²) in [5.41, 5.74) is 4.45. The average molecular weight is 606 g/mol. The van der Waals surface area contributed by atoms with Gasteiger partial charge in [0.25, 0.3) is 5.56 Å². The number of rotatable bonds is 9. The number of amides is 2. The van der Waals surface area contributed by atoms with Crippen LogP contribution in [-0.2, 0) is 23.2 Å². The van der Waals surface area contributed by atoms with Crippen LogP contribution in [0.5, 0.6) is 11.5 Å². The first kappa shape index (κ1) is 28.4. The van der Waals surface area contributed by atoms with Gasteiger partial charge in [0, 0.05) is 7.05 Å². The standard InChI is InChI=1S/C29H28BrN5O5/c1-4-39-24-16-21(15-23(30)26(24)40-18-20-11-7-5-8-12-20)17-31-33-28(37)27(36)32-25-19(2)34(3)35(29(25)38)22-13-9-6-10-14-22/h5-17H,4,18H2,1-3H3,(H,32,36)(H,33,37)/b31-17+. The highest BCUT2D eigenvalue weighted by atomic mass is 79.9. The molecular formula is C29H28BrN5O5. The van der Waals surface area contributed by atoms with Gasteiger partial charge in [-0.1, -0.05) is 48.5 Å². The molecule has 0 aliphatic carbocycles. The lowest BCUT2D eigenvalue weighted by molar-refractivity contribution is -0.136. The lowest BCUT2D eigenvalue weighted by Gasteiger charge is -2.14. The van der Waals surface area contributed by atoms with Crippen molar-refractivity contribution >= 4 is 39.6 Å². The van der Waals surface area contributed by atoms with Crippen LogP contribution in [0, 0.1) is 6.92 Å². The number of ether oxygens (including phenoxy) is 2. The number of anilines is 1. The molecule has 1 heterocycles. The van der Waals surface area contributed by atoms with Gasteiger partial charge in [-0.3, -0.25) is 19.1 Å².